The highest BCUT2D eigenvalue weighted by Crippen LogP contribution is 2.37. The number of benzene rings is 2. The minimum absolute atomic E-state index is 0.0817. The Morgan fingerprint density at radius 2 is 1.18 bits per heavy atom. The Hall–Kier alpha value is -3.69. The van der Waals surface area contributed by atoms with Gasteiger partial charge < -0.3 is 29.6 Å². The van der Waals surface area contributed by atoms with Gasteiger partial charge in [0.15, 0.2) is 0 Å². The molecule has 11 heteroatoms. The second-order valence-corrected chi connectivity index (χ2v) is 7.53. The number of rotatable bonds is 8. The highest BCUT2D eigenvalue weighted by molar-refractivity contribution is 6.32. The fraction of sp³-hybridized carbons (Fsp3) is 0.174. The fourth-order valence-corrected chi connectivity index (χ4v) is 3.42. The van der Waals surface area contributed by atoms with E-state index in [1.807, 2.05) is 0 Å². The third kappa shape index (κ3) is 5.44. The highest BCUT2D eigenvalue weighted by atomic mass is 35.5. The first kappa shape index (κ1) is 24.9. The monoisotopic (exact) mass is 505 g/mol. The first-order valence-corrected chi connectivity index (χ1v) is 10.5. The van der Waals surface area contributed by atoms with Gasteiger partial charge in [0.2, 0.25) is 0 Å². The van der Waals surface area contributed by atoms with Gasteiger partial charge in [-0.3, -0.25) is 14.6 Å². The van der Waals surface area contributed by atoms with E-state index in [-0.39, 0.29) is 11.3 Å². The molecule has 1 heterocycles. The Kier molecular flexibility index (Phi) is 8.04. The van der Waals surface area contributed by atoms with Crippen molar-refractivity contribution < 1.29 is 28.5 Å². The minimum atomic E-state index is -0.515. The Morgan fingerprint density at radius 1 is 0.706 bits per heavy atom. The summed E-state index contributed by atoms with van der Waals surface area (Å²) in [5.41, 5.74) is 1.01. The molecule has 178 valence electrons. The van der Waals surface area contributed by atoms with Crippen LogP contribution in [-0.4, -0.2) is 45.2 Å². The number of pyridine rings is 1. The summed E-state index contributed by atoms with van der Waals surface area (Å²) in [6.45, 7) is 0. The molecule has 3 rings (SSSR count). The summed E-state index contributed by atoms with van der Waals surface area (Å²) in [5, 5.41) is 6.08. The summed E-state index contributed by atoms with van der Waals surface area (Å²) < 4.78 is 20.9. The average molecular weight is 506 g/mol. The predicted octanol–water partition coefficient (Wildman–Crippen LogP) is 4.93. The zero-order valence-corrected chi connectivity index (χ0v) is 20.2. The molecular formula is C23H21Cl2N3O6. The lowest BCUT2D eigenvalue weighted by Crippen LogP contribution is -2.17. The molecular weight excluding hydrogens is 485 g/mol. The maximum absolute atomic E-state index is 12.7. The molecule has 9 nitrogen and oxygen atoms in total. The van der Waals surface area contributed by atoms with Crippen LogP contribution in [0.1, 0.15) is 20.8 Å². The number of carbonyl (C=O) groups is 2. The number of carbonyl (C=O) groups excluding carboxylic acids is 2. The van der Waals surface area contributed by atoms with E-state index in [2.05, 4.69) is 15.6 Å². The van der Waals surface area contributed by atoms with Crippen LogP contribution in [0.3, 0.4) is 0 Å². The molecule has 0 aliphatic carbocycles. The van der Waals surface area contributed by atoms with Crippen molar-refractivity contribution in [2.24, 2.45) is 0 Å². The molecule has 0 atom stereocenters. The maximum atomic E-state index is 12.7. The van der Waals surface area contributed by atoms with Crippen molar-refractivity contribution in [2.45, 2.75) is 0 Å². The van der Waals surface area contributed by atoms with E-state index in [4.69, 9.17) is 42.1 Å². The quantitative estimate of drug-likeness (QED) is 0.446. The van der Waals surface area contributed by atoms with E-state index >= 15 is 0 Å². The van der Waals surface area contributed by atoms with Gasteiger partial charge in [-0.1, -0.05) is 23.2 Å². The zero-order chi connectivity index (χ0) is 24.8. The Bertz CT molecular complexity index is 1120. The highest BCUT2D eigenvalue weighted by Gasteiger charge is 2.17. The van der Waals surface area contributed by atoms with Crippen molar-refractivity contribution in [3.8, 4) is 23.0 Å². The molecule has 0 aliphatic rings. The molecule has 0 aliphatic heterocycles. The van der Waals surface area contributed by atoms with Crippen molar-refractivity contribution in [2.75, 3.05) is 39.1 Å². The van der Waals surface area contributed by atoms with E-state index in [0.717, 1.165) is 0 Å². The van der Waals surface area contributed by atoms with E-state index in [1.165, 1.54) is 65.0 Å². The first-order valence-electron chi connectivity index (χ1n) is 9.73. The molecule has 3 aromatic rings. The Labute approximate surface area is 205 Å². The van der Waals surface area contributed by atoms with Gasteiger partial charge in [0.25, 0.3) is 11.8 Å². The standard InChI is InChI=1S/C23H21Cl2N3O6/c1-31-18-9-16(20(33-3)7-13(18)24)27-22(29)12-5-6-15(26-11-12)23(30)28-17-10-19(32-2)14(25)8-21(17)34-4/h5-11H,1-4H3,(H,27,29)(H,28,30). The molecule has 2 amide bonds. The third-order valence-corrected chi connectivity index (χ3v) is 5.29. The number of anilines is 2. The number of halogens is 2. The SMILES string of the molecule is COc1cc(NC(=O)c2ccc(C(=O)Nc3cc(OC)c(Cl)cc3OC)nc2)c(OC)cc1Cl. The van der Waals surface area contributed by atoms with Crippen LogP contribution in [0.5, 0.6) is 23.0 Å². The lowest BCUT2D eigenvalue weighted by molar-refractivity contribution is 0.101. The number of methoxy groups -OCH3 is 4. The molecule has 0 fully saturated rings. The smallest absolute Gasteiger partial charge is 0.274 e. The van der Waals surface area contributed by atoms with E-state index < -0.39 is 11.8 Å². The first-order chi connectivity index (χ1) is 16.3. The number of nitrogens with zero attached hydrogens (tertiary/aromatic N) is 1. The number of amides is 2. The van der Waals surface area contributed by atoms with E-state index in [0.29, 0.717) is 44.4 Å². The molecule has 1 aromatic heterocycles. The summed E-state index contributed by atoms with van der Waals surface area (Å²) in [6, 6.07) is 9.02. The number of hydrogen-bond donors (Lipinski definition) is 2. The van der Waals surface area contributed by atoms with Crippen molar-refractivity contribution in [1.82, 2.24) is 4.98 Å². The van der Waals surface area contributed by atoms with E-state index in [9.17, 15) is 9.59 Å². The van der Waals surface area contributed by atoms with Crippen molar-refractivity contribution in [1.29, 1.82) is 0 Å². The molecule has 0 unspecified atom stereocenters. The summed E-state index contributed by atoms with van der Waals surface area (Å²) in [5.74, 6) is 0.465. The Balaban J connectivity index is 1.77. The van der Waals surface area contributed by atoms with Crippen LogP contribution >= 0.6 is 23.2 Å². The molecule has 0 saturated carbocycles. The number of nitrogens with one attached hydrogen (secondary N) is 2. The number of ether oxygens (including phenoxy) is 4. The summed E-state index contributed by atoms with van der Waals surface area (Å²) >= 11 is 12.2. The largest absolute Gasteiger partial charge is 0.495 e. The van der Waals surface area contributed by atoms with Gasteiger partial charge in [-0.05, 0) is 12.1 Å². The van der Waals surface area contributed by atoms with Gasteiger partial charge in [0, 0.05) is 30.5 Å². The zero-order valence-electron chi connectivity index (χ0n) is 18.7. The third-order valence-electron chi connectivity index (χ3n) is 4.70. The fourth-order valence-electron chi connectivity index (χ4n) is 2.96. The van der Waals surface area contributed by atoms with Crippen LogP contribution in [0, 0.1) is 0 Å². The maximum Gasteiger partial charge on any atom is 0.274 e. The molecule has 0 spiro atoms. The number of aromatic nitrogens is 1. The van der Waals surface area contributed by atoms with Crippen LogP contribution in [-0.2, 0) is 0 Å². The molecule has 0 radical (unpaired) electrons. The lowest BCUT2D eigenvalue weighted by Gasteiger charge is -2.14. The number of hydrogen-bond acceptors (Lipinski definition) is 7. The van der Waals surface area contributed by atoms with Crippen LogP contribution in [0.2, 0.25) is 10.0 Å². The molecule has 0 saturated heterocycles. The molecule has 2 N–H and O–H groups in total. The van der Waals surface area contributed by atoms with Gasteiger partial charge in [-0.25, -0.2) is 0 Å². The van der Waals surface area contributed by atoms with Crippen LogP contribution in [0.25, 0.3) is 0 Å². The Morgan fingerprint density at radius 3 is 1.59 bits per heavy atom. The summed E-state index contributed by atoms with van der Waals surface area (Å²) in [4.78, 5) is 29.5. The predicted molar refractivity (Wildman–Crippen MR) is 129 cm³/mol. The van der Waals surface area contributed by atoms with E-state index in [1.54, 1.807) is 6.07 Å². The minimum Gasteiger partial charge on any atom is -0.495 e. The van der Waals surface area contributed by atoms with Crippen LogP contribution in [0.15, 0.2) is 42.6 Å². The molecule has 34 heavy (non-hydrogen) atoms. The van der Waals surface area contributed by atoms with Crippen LogP contribution < -0.4 is 29.6 Å². The van der Waals surface area contributed by atoms with Gasteiger partial charge in [-0.15, -0.1) is 0 Å². The average Bonchev–Trinajstić information content (AvgIpc) is 2.85. The van der Waals surface area contributed by atoms with Gasteiger partial charge in [0.05, 0.1) is 55.4 Å². The lowest BCUT2D eigenvalue weighted by atomic mass is 10.2. The second-order valence-electron chi connectivity index (χ2n) is 6.71. The summed E-state index contributed by atoms with van der Waals surface area (Å²) in [6.07, 6.45) is 1.28. The second kappa shape index (κ2) is 11.0. The molecule has 0 bridgehead atoms. The van der Waals surface area contributed by atoms with Gasteiger partial charge in [-0.2, -0.15) is 0 Å². The summed E-state index contributed by atoms with van der Waals surface area (Å²) in [7, 11) is 5.82. The van der Waals surface area contributed by atoms with Gasteiger partial charge in [0.1, 0.15) is 28.7 Å². The van der Waals surface area contributed by atoms with Crippen molar-refractivity contribution in [3.63, 3.8) is 0 Å². The van der Waals surface area contributed by atoms with Crippen molar-refractivity contribution in [3.05, 3.63) is 63.9 Å². The molecule has 2 aromatic carbocycles. The topological polar surface area (TPSA) is 108 Å². The van der Waals surface area contributed by atoms with Crippen LogP contribution in [0.4, 0.5) is 11.4 Å². The van der Waals surface area contributed by atoms with Gasteiger partial charge >= 0.3 is 0 Å². The van der Waals surface area contributed by atoms with Crippen molar-refractivity contribution >= 4 is 46.4 Å². The normalized spacial score (nSPS) is 10.3.